The summed E-state index contributed by atoms with van der Waals surface area (Å²) in [6, 6.07) is 0. The van der Waals surface area contributed by atoms with E-state index in [4.69, 9.17) is 0 Å². The molecule has 0 atom stereocenters. The van der Waals surface area contributed by atoms with Crippen LogP contribution in [0.3, 0.4) is 0 Å². The summed E-state index contributed by atoms with van der Waals surface area (Å²) in [4.78, 5) is 5.16. The van der Waals surface area contributed by atoms with Gasteiger partial charge in [-0.15, -0.1) is 0 Å². The van der Waals surface area contributed by atoms with Crippen LogP contribution in [0.1, 0.15) is 13.8 Å². The maximum absolute atomic E-state index is 9.90. The van der Waals surface area contributed by atoms with Gasteiger partial charge in [0.25, 0.3) is 0 Å². The molecule has 17 heavy (non-hydrogen) atoms. The molecule has 2 heterocycles. The Labute approximate surface area is 96.9 Å². The zero-order valence-corrected chi connectivity index (χ0v) is 9.62. The summed E-state index contributed by atoms with van der Waals surface area (Å²) in [7, 11) is 0. The highest BCUT2D eigenvalue weighted by molar-refractivity contribution is 5.74. The van der Waals surface area contributed by atoms with Gasteiger partial charge in [-0.3, -0.25) is 4.99 Å². The summed E-state index contributed by atoms with van der Waals surface area (Å²) in [6.45, 7) is 4.82. The Balaban J connectivity index is 2.80. The van der Waals surface area contributed by atoms with Gasteiger partial charge < -0.3 is 20.9 Å². The minimum absolute atomic E-state index is 0.262. The quantitative estimate of drug-likeness (QED) is 0.579. The maximum atomic E-state index is 9.90. The molecule has 0 amide bonds. The monoisotopic (exact) mass is 241 g/mol. The molecule has 0 radical (unpaired) electrons. The molecule has 0 saturated carbocycles. The molecular weight excluding hydrogens is 226 g/mol. The van der Waals surface area contributed by atoms with Crippen LogP contribution in [-0.4, -0.2) is 43.1 Å². The Morgan fingerprint density at radius 3 is 2.59 bits per heavy atom. The van der Waals surface area contributed by atoms with Gasteiger partial charge in [0.1, 0.15) is 11.4 Å². The Kier molecular flexibility index (Phi) is 2.62. The normalized spacial score (nSPS) is 12.5. The Hall–Kier alpha value is -2.25. The van der Waals surface area contributed by atoms with Gasteiger partial charge in [-0.25, -0.2) is 0 Å². The molecule has 8 heteroatoms. The molecule has 0 spiro atoms. The van der Waals surface area contributed by atoms with E-state index >= 15 is 0 Å². The van der Waals surface area contributed by atoms with E-state index in [1.165, 1.54) is 6.20 Å². The number of anilines is 1. The molecule has 8 nitrogen and oxygen atoms in total. The van der Waals surface area contributed by atoms with Crippen LogP contribution in [0.15, 0.2) is 11.2 Å². The maximum Gasteiger partial charge on any atom is 0.190 e. The van der Waals surface area contributed by atoms with Gasteiger partial charge in [0, 0.05) is 13.1 Å². The van der Waals surface area contributed by atoms with Gasteiger partial charge in [0.05, 0.1) is 6.20 Å². The number of nitrogens with one attached hydrogen (secondary N) is 1. The lowest BCUT2D eigenvalue weighted by atomic mass is 10.3. The van der Waals surface area contributed by atoms with Crippen LogP contribution in [-0.2, 0) is 0 Å². The van der Waals surface area contributed by atoms with Gasteiger partial charge in [-0.2, -0.15) is 4.73 Å². The fourth-order valence-corrected chi connectivity index (χ4v) is 1.77. The van der Waals surface area contributed by atoms with Crippen LogP contribution >= 0.6 is 0 Å². The van der Waals surface area contributed by atoms with Crippen LogP contribution in [0.5, 0.6) is 0 Å². The first kappa shape index (κ1) is 11.2. The number of fused-ring (bicyclic) bond motifs is 1. The highest BCUT2D eigenvalue weighted by Gasteiger charge is 2.26. The van der Waals surface area contributed by atoms with Gasteiger partial charge >= 0.3 is 0 Å². The van der Waals surface area contributed by atoms with Crippen molar-refractivity contribution in [3.63, 3.8) is 0 Å². The van der Waals surface area contributed by atoms with Gasteiger partial charge in [-0.1, -0.05) is 9.69 Å². The summed E-state index contributed by atoms with van der Waals surface area (Å²) in [5, 5.41) is 31.9. The van der Waals surface area contributed by atoms with Crippen molar-refractivity contribution in [1.82, 2.24) is 14.4 Å². The summed E-state index contributed by atoms with van der Waals surface area (Å²) < 4.78 is 0.830. The molecule has 0 aromatic rings. The van der Waals surface area contributed by atoms with Crippen molar-refractivity contribution in [2.75, 3.05) is 18.4 Å². The molecular formula is C9H15N5O3. The largest absolute Gasteiger partial charge is 0.426 e. The van der Waals surface area contributed by atoms with Crippen molar-refractivity contribution < 1.29 is 15.6 Å². The van der Waals surface area contributed by atoms with E-state index in [1.54, 1.807) is 0 Å². The Morgan fingerprint density at radius 1 is 1.29 bits per heavy atom. The van der Waals surface area contributed by atoms with Crippen molar-refractivity contribution >= 4 is 5.69 Å². The van der Waals surface area contributed by atoms with Crippen LogP contribution in [0, 0.1) is 0 Å². The van der Waals surface area contributed by atoms with Crippen LogP contribution in [0.25, 0.3) is 11.4 Å². The van der Waals surface area contributed by atoms with Crippen LogP contribution in [0.4, 0.5) is 5.69 Å². The second kappa shape index (κ2) is 3.96. The highest BCUT2D eigenvalue weighted by Crippen LogP contribution is 2.27. The fraction of sp³-hybridized carbons (Fsp3) is 0.444. The predicted octanol–water partition coefficient (Wildman–Crippen LogP) is 0.260. The smallest absolute Gasteiger partial charge is 0.190 e. The molecule has 0 aromatic heterocycles. The van der Waals surface area contributed by atoms with Gasteiger partial charge in [-0.05, 0) is 13.8 Å². The second-order valence-electron chi connectivity index (χ2n) is 3.49. The summed E-state index contributed by atoms with van der Waals surface area (Å²) in [5.41, 5.74) is 1.33. The van der Waals surface area contributed by atoms with E-state index in [0.717, 1.165) is 4.73 Å². The van der Waals surface area contributed by atoms with Gasteiger partial charge in [0.2, 0.25) is 0 Å². The molecule has 0 saturated heterocycles. The van der Waals surface area contributed by atoms with E-state index in [-0.39, 0.29) is 11.4 Å². The minimum Gasteiger partial charge on any atom is -0.426 e. The SMILES string of the molecule is CCN=c1c(NCC)c2n(O)n(O)cc-2n1O. The molecule has 4 N–H and O–H groups in total. The average molecular weight is 241 g/mol. The van der Waals surface area contributed by atoms with E-state index in [1.807, 2.05) is 13.8 Å². The molecule has 2 aliphatic rings. The first-order valence-electron chi connectivity index (χ1n) is 5.33. The lowest BCUT2D eigenvalue weighted by Gasteiger charge is -2.03. The molecule has 0 aliphatic carbocycles. The number of aromatic nitrogens is 3. The summed E-state index contributed by atoms with van der Waals surface area (Å²) in [6.07, 6.45) is 1.19. The molecule has 0 fully saturated rings. The van der Waals surface area contributed by atoms with Crippen LogP contribution in [0.2, 0.25) is 0 Å². The topological polar surface area (TPSA) is 99.9 Å². The van der Waals surface area contributed by atoms with Crippen LogP contribution < -0.4 is 10.8 Å². The van der Waals surface area contributed by atoms with Crippen molar-refractivity contribution in [3.05, 3.63) is 11.7 Å². The highest BCUT2D eigenvalue weighted by atomic mass is 16.6. The number of hydrogen-bond donors (Lipinski definition) is 4. The zero-order valence-electron chi connectivity index (χ0n) is 9.62. The summed E-state index contributed by atoms with van der Waals surface area (Å²) in [5.74, 6) is 0. The van der Waals surface area contributed by atoms with E-state index in [2.05, 4.69) is 10.3 Å². The van der Waals surface area contributed by atoms with E-state index in [9.17, 15) is 15.6 Å². The molecule has 94 valence electrons. The van der Waals surface area contributed by atoms with E-state index in [0.29, 0.717) is 34.0 Å². The number of nitrogens with zero attached hydrogens (tertiary/aromatic N) is 4. The van der Waals surface area contributed by atoms with Crippen molar-refractivity contribution in [3.8, 4) is 11.4 Å². The molecule has 2 rings (SSSR count). The first-order chi connectivity index (χ1) is 8.11. The molecule has 0 bridgehead atoms. The van der Waals surface area contributed by atoms with E-state index < -0.39 is 0 Å². The number of rotatable bonds is 3. The van der Waals surface area contributed by atoms with Gasteiger partial charge in [0.15, 0.2) is 11.2 Å². The third kappa shape index (κ3) is 1.49. The molecule has 0 unspecified atom stereocenters. The Bertz CT molecular complexity index is 564. The second-order valence-corrected chi connectivity index (χ2v) is 3.49. The third-order valence-electron chi connectivity index (χ3n) is 2.43. The standard InChI is InChI=1S/C9H15N5O3/c1-3-10-7-8-6(5-12(15)14(8)17)13(16)9(7)11-4-2/h5,10,15-17H,3-4H2,1-2H3. The van der Waals surface area contributed by atoms with Crippen molar-refractivity contribution in [2.45, 2.75) is 13.8 Å². The first-order valence-corrected chi connectivity index (χ1v) is 5.33. The van der Waals surface area contributed by atoms with Crippen molar-refractivity contribution in [1.29, 1.82) is 0 Å². The summed E-state index contributed by atoms with van der Waals surface area (Å²) >= 11 is 0. The minimum atomic E-state index is 0.262. The fourth-order valence-electron chi connectivity index (χ4n) is 1.77. The van der Waals surface area contributed by atoms with Crippen molar-refractivity contribution in [2.24, 2.45) is 4.99 Å². The lowest BCUT2D eigenvalue weighted by Crippen LogP contribution is -2.19. The predicted molar refractivity (Wildman–Crippen MR) is 58.9 cm³/mol. The molecule has 2 aliphatic heterocycles. The number of hydrogen-bond acceptors (Lipinski definition) is 5. The molecule has 0 aromatic carbocycles. The third-order valence-corrected chi connectivity index (χ3v) is 2.43. The Morgan fingerprint density at radius 2 is 2.00 bits per heavy atom. The lowest BCUT2D eigenvalue weighted by molar-refractivity contribution is -0.00655. The average Bonchev–Trinajstić information content (AvgIpc) is 2.72. The zero-order chi connectivity index (χ0) is 12.6.